The molecule has 14 N–H and O–H groups in total. The van der Waals surface area contributed by atoms with E-state index in [1.807, 2.05) is 0 Å². The molecule has 38 heavy (non-hydrogen) atoms. The summed E-state index contributed by atoms with van der Waals surface area (Å²) >= 11 is 0. The van der Waals surface area contributed by atoms with Crippen molar-refractivity contribution in [3.63, 3.8) is 0 Å². The van der Waals surface area contributed by atoms with Crippen molar-refractivity contribution in [3.05, 3.63) is 0 Å². The van der Waals surface area contributed by atoms with Gasteiger partial charge in [0.15, 0.2) is 5.96 Å². The second-order valence-corrected chi connectivity index (χ2v) is 8.90. The smallest absolute Gasteiger partial charge is 0.326 e. The fraction of sp³-hybridized carbons (Fsp3) is 0.682. The molecule has 5 atom stereocenters. The normalized spacial score (nSPS) is 14.6. The minimum Gasteiger partial charge on any atom is -0.480 e. The van der Waals surface area contributed by atoms with Crippen LogP contribution in [0.1, 0.15) is 58.8 Å². The quantitative estimate of drug-likeness (QED) is 0.0439. The van der Waals surface area contributed by atoms with Crippen LogP contribution in [0, 0.1) is 5.92 Å². The van der Waals surface area contributed by atoms with E-state index in [0.29, 0.717) is 6.42 Å². The summed E-state index contributed by atoms with van der Waals surface area (Å²) in [4.78, 5) is 76.4. The number of aliphatic imine (C=N–C) groups is 1. The predicted molar refractivity (Wildman–Crippen MR) is 138 cm³/mol. The van der Waals surface area contributed by atoms with Gasteiger partial charge in [0.25, 0.3) is 0 Å². The summed E-state index contributed by atoms with van der Waals surface area (Å²) in [5, 5.41) is 16.8. The summed E-state index contributed by atoms with van der Waals surface area (Å²) in [7, 11) is 0. The van der Waals surface area contributed by atoms with Gasteiger partial charge in [-0.25, -0.2) is 4.79 Å². The van der Waals surface area contributed by atoms with Crippen LogP contribution in [0.15, 0.2) is 4.99 Å². The molecule has 0 aliphatic carbocycles. The van der Waals surface area contributed by atoms with Crippen LogP contribution in [0.3, 0.4) is 0 Å². The standard InChI is InChI=1S/C22H41N9O7/c1-3-11(2)17(21(37)38)31-20(36)14(7-9-16(25)33)30-19(35)13(5-4-10-28-22(26)27)29-18(34)12(23)6-8-15(24)32/h11-14,17H,3-10,23H2,1-2H3,(H2,24,32)(H2,25,33)(H,29,34)(H,30,35)(H,31,36)(H,37,38)(H4,26,27,28). The van der Waals surface area contributed by atoms with Crippen molar-refractivity contribution in [3.8, 4) is 0 Å². The number of carbonyl (C=O) groups excluding carboxylic acids is 5. The van der Waals surface area contributed by atoms with E-state index >= 15 is 0 Å². The Morgan fingerprint density at radius 1 is 0.789 bits per heavy atom. The zero-order chi connectivity index (χ0) is 29.4. The van der Waals surface area contributed by atoms with Crippen molar-refractivity contribution in [2.45, 2.75) is 83.0 Å². The SMILES string of the molecule is CCC(C)C(NC(=O)C(CCC(N)=O)NC(=O)C(CCCN=C(N)N)NC(=O)C(N)CCC(N)=O)C(=O)O. The number of hydrogen-bond donors (Lipinski definition) is 9. The molecule has 16 nitrogen and oxygen atoms in total. The van der Waals surface area contributed by atoms with E-state index in [2.05, 4.69) is 20.9 Å². The fourth-order valence-electron chi connectivity index (χ4n) is 3.24. The zero-order valence-corrected chi connectivity index (χ0v) is 21.8. The number of amides is 5. The Morgan fingerprint density at radius 3 is 1.79 bits per heavy atom. The Bertz CT molecular complexity index is 877. The van der Waals surface area contributed by atoms with Gasteiger partial charge in [-0.15, -0.1) is 0 Å². The first kappa shape index (κ1) is 34.0. The van der Waals surface area contributed by atoms with E-state index in [4.69, 9.17) is 28.7 Å². The molecule has 16 heteroatoms. The van der Waals surface area contributed by atoms with E-state index in [-0.39, 0.29) is 51.0 Å². The molecule has 0 rings (SSSR count). The molecular formula is C22H41N9O7. The van der Waals surface area contributed by atoms with Gasteiger partial charge in [-0.3, -0.25) is 29.0 Å². The van der Waals surface area contributed by atoms with Crippen molar-refractivity contribution in [2.24, 2.45) is 39.6 Å². The minimum atomic E-state index is -1.33. The van der Waals surface area contributed by atoms with E-state index in [1.54, 1.807) is 13.8 Å². The summed E-state index contributed by atoms with van der Waals surface area (Å²) in [6.07, 6.45) is 0.0399. The number of nitrogens with one attached hydrogen (secondary N) is 3. The van der Waals surface area contributed by atoms with Gasteiger partial charge >= 0.3 is 5.97 Å². The molecule has 0 fully saturated rings. The molecule has 0 aromatic rings. The third-order valence-electron chi connectivity index (χ3n) is 5.71. The topological polar surface area (TPSA) is 301 Å². The molecule has 0 heterocycles. The number of aliphatic carboxylic acids is 1. The molecule has 0 aliphatic heterocycles. The molecule has 0 aromatic carbocycles. The second kappa shape index (κ2) is 17.5. The maximum atomic E-state index is 13.1. The van der Waals surface area contributed by atoms with Gasteiger partial charge in [0.2, 0.25) is 29.5 Å². The lowest BCUT2D eigenvalue weighted by atomic mass is 9.98. The van der Waals surface area contributed by atoms with Crippen LogP contribution in [-0.4, -0.2) is 77.3 Å². The average Bonchev–Trinajstić information content (AvgIpc) is 2.83. The number of hydrogen-bond acceptors (Lipinski definition) is 8. The van der Waals surface area contributed by atoms with Gasteiger partial charge in [-0.2, -0.15) is 0 Å². The van der Waals surface area contributed by atoms with Crippen molar-refractivity contribution in [1.29, 1.82) is 0 Å². The summed E-state index contributed by atoms with van der Waals surface area (Å²) < 4.78 is 0. The van der Waals surface area contributed by atoms with Crippen molar-refractivity contribution in [2.75, 3.05) is 6.54 Å². The van der Waals surface area contributed by atoms with Gasteiger partial charge in [-0.1, -0.05) is 20.3 Å². The summed E-state index contributed by atoms with van der Waals surface area (Å²) in [6.45, 7) is 3.53. The molecule has 0 saturated carbocycles. The van der Waals surface area contributed by atoms with E-state index < -0.39 is 65.6 Å². The Morgan fingerprint density at radius 2 is 1.29 bits per heavy atom. The summed E-state index contributed by atoms with van der Waals surface area (Å²) in [6, 6.07) is -4.92. The Hall–Kier alpha value is -3.95. The Kier molecular flexibility index (Phi) is 15.7. The number of nitrogens with zero attached hydrogens (tertiary/aromatic N) is 1. The number of guanidine groups is 1. The molecule has 0 radical (unpaired) electrons. The van der Waals surface area contributed by atoms with Crippen LogP contribution in [-0.2, 0) is 28.8 Å². The van der Waals surface area contributed by atoms with E-state index in [9.17, 15) is 33.9 Å². The molecule has 0 saturated heterocycles. The maximum Gasteiger partial charge on any atom is 0.326 e. The number of carboxylic acid groups (broad SMARTS) is 1. The van der Waals surface area contributed by atoms with Gasteiger partial charge in [-0.05, 0) is 31.6 Å². The molecule has 0 bridgehead atoms. The van der Waals surface area contributed by atoms with E-state index in [1.165, 1.54) is 0 Å². The predicted octanol–water partition coefficient (Wildman–Crippen LogP) is -3.52. The monoisotopic (exact) mass is 543 g/mol. The highest BCUT2D eigenvalue weighted by Gasteiger charge is 2.32. The third kappa shape index (κ3) is 14.0. The molecule has 0 aliphatic rings. The second-order valence-electron chi connectivity index (χ2n) is 8.90. The zero-order valence-electron chi connectivity index (χ0n) is 21.8. The number of nitrogens with two attached hydrogens (primary N) is 5. The average molecular weight is 544 g/mol. The van der Waals surface area contributed by atoms with Crippen LogP contribution in [0.2, 0.25) is 0 Å². The summed E-state index contributed by atoms with van der Waals surface area (Å²) in [5.41, 5.74) is 26.6. The molecule has 216 valence electrons. The van der Waals surface area contributed by atoms with Crippen molar-refractivity contribution < 1.29 is 33.9 Å². The summed E-state index contributed by atoms with van der Waals surface area (Å²) in [5.74, 6) is -5.62. The highest BCUT2D eigenvalue weighted by atomic mass is 16.4. The fourth-order valence-corrected chi connectivity index (χ4v) is 3.24. The van der Waals surface area contributed by atoms with Crippen LogP contribution in [0.5, 0.6) is 0 Å². The molecular weight excluding hydrogens is 502 g/mol. The first-order valence-electron chi connectivity index (χ1n) is 12.2. The minimum absolute atomic E-state index is 0.0334. The molecule has 5 unspecified atom stereocenters. The van der Waals surface area contributed by atoms with Gasteiger partial charge in [0.1, 0.15) is 18.1 Å². The van der Waals surface area contributed by atoms with Gasteiger partial charge in [0.05, 0.1) is 6.04 Å². The highest BCUT2D eigenvalue weighted by Crippen LogP contribution is 2.10. The van der Waals surface area contributed by atoms with Crippen LogP contribution in [0.25, 0.3) is 0 Å². The lowest BCUT2D eigenvalue weighted by molar-refractivity contribution is -0.144. The van der Waals surface area contributed by atoms with Crippen molar-refractivity contribution >= 4 is 41.5 Å². The number of rotatable bonds is 19. The van der Waals surface area contributed by atoms with Gasteiger partial charge in [0, 0.05) is 19.4 Å². The lowest BCUT2D eigenvalue weighted by Crippen LogP contribution is -2.57. The Balaban J connectivity index is 5.73. The number of carbonyl (C=O) groups is 6. The lowest BCUT2D eigenvalue weighted by Gasteiger charge is -2.26. The number of primary amides is 2. The van der Waals surface area contributed by atoms with Crippen LogP contribution >= 0.6 is 0 Å². The van der Waals surface area contributed by atoms with Crippen molar-refractivity contribution in [1.82, 2.24) is 16.0 Å². The maximum absolute atomic E-state index is 13.1. The first-order chi connectivity index (χ1) is 17.7. The molecule has 0 spiro atoms. The number of carboxylic acids is 1. The van der Waals surface area contributed by atoms with Gasteiger partial charge < -0.3 is 49.7 Å². The third-order valence-corrected chi connectivity index (χ3v) is 5.71. The highest BCUT2D eigenvalue weighted by molar-refractivity contribution is 5.94. The Labute approximate surface area is 220 Å². The van der Waals surface area contributed by atoms with E-state index in [0.717, 1.165) is 0 Å². The largest absolute Gasteiger partial charge is 0.480 e. The van der Waals surface area contributed by atoms with Crippen LogP contribution in [0.4, 0.5) is 0 Å². The molecule has 5 amide bonds. The molecule has 0 aromatic heterocycles. The van der Waals surface area contributed by atoms with Crippen LogP contribution < -0.4 is 44.6 Å². The first-order valence-corrected chi connectivity index (χ1v) is 12.2.